The normalized spacial score (nSPS) is 22.2. The van der Waals surface area contributed by atoms with Crippen LogP contribution < -0.4 is 5.32 Å². The van der Waals surface area contributed by atoms with Crippen molar-refractivity contribution < 1.29 is 8.42 Å². The molecule has 1 atom stereocenters. The average Bonchev–Trinajstić information content (AvgIpc) is 2.53. The van der Waals surface area contributed by atoms with Crippen LogP contribution in [0.3, 0.4) is 0 Å². The quantitative estimate of drug-likeness (QED) is 0.807. The molecule has 1 aromatic heterocycles. The molecule has 0 bridgehead atoms. The van der Waals surface area contributed by atoms with E-state index in [1.807, 2.05) is 0 Å². The largest absolute Gasteiger partial charge is 0.362 e. The van der Waals surface area contributed by atoms with E-state index in [2.05, 4.69) is 15.3 Å². The molecule has 1 unspecified atom stereocenters. The van der Waals surface area contributed by atoms with Gasteiger partial charge in [-0.3, -0.25) is 0 Å². The molecule has 1 aliphatic heterocycles. The molecule has 0 spiro atoms. The summed E-state index contributed by atoms with van der Waals surface area (Å²) in [5.41, 5.74) is 0.710. The summed E-state index contributed by atoms with van der Waals surface area (Å²) in [5, 5.41) is 4.58. The van der Waals surface area contributed by atoms with Gasteiger partial charge in [-0.05, 0) is 13.0 Å². The van der Waals surface area contributed by atoms with Crippen molar-refractivity contribution in [2.45, 2.75) is 13.0 Å². The lowest BCUT2D eigenvalue weighted by atomic mass is 10.3. The highest BCUT2D eigenvalue weighted by atomic mass is 35.5. The van der Waals surface area contributed by atoms with Crippen molar-refractivity contribution in [1.82, 2.24) is 9.97 Å². The zero-order chi connectivity index (χ0) is 11.8. The molecule has 5 nitrogen and oxygen atoms in total. The fourth-order valence-electron chi connectivity index (χ4n) is 1.42. The highest BCUT2D eigenvalue weighted by molar-refractivity contribution is 7.94. The van der Waals surface area contributed by atoms with Crippen LogP contribution >= 0.6 is 11.6 Å². The number of nitrogens with zero attached hydrogens (tertiary/aromatic N) is 2. The van der Waals surface area contributed by atoms with Crippen molar-refractivity contribution in [3.8, 4) is 0 Å². The number of aromatic nitrogens is 2. The Morgan fingerprint density at radius 1 is 1.50 bits per heavy atom. The fourth-order valence-corrected chi connectivity index (χ4v) is 2.78. The van der Waals surface area contributed by atoms with Crippen molar-refractivity contribution in [3.05, 3.63) is 28.5 Å². The highest BCUT2D eigenvalue weighted by Gasteiger charge is 2.22. The van der Waals surface area contributed by atoms with Crippen molar-refractivity contribution >= 4 is 27.3 Å². The van der Waals surface area contributed by atoms with Gasteiger partial charge < -0.3 is 5.32 Å². The monoisotopic (exact) mass is 259 g/mol. The first kappa shape index (κ1) is 11.3. The molecule has 0 fully saturated rings. The maximum atomic E-state index is 11.2. The minimum absolute atomic E-state index is 0.0497. The van der Waals surface area contributed by atoms with Crippen LogP contribution in [0.4, 0.5) is 5.82 Å². The lowest BCUT2D eigenvalue weighted by molar-refractivity contribution is 0.605. The molecule has 1 aliphatic rings. The first-order valence-corrected chi connectivity index (χ1v) is 6.72. The van der Waals surface area contributed by atoms with Gasteiger partial charge in [-0.15, -0.1) is 0 Å². The molecular weight excluding hydrogens is 250 g/mol. The van der Waals surface area contributed by atoms with E-state index in [0.29, 0.717) is 16.5 Å². The summed E-state index contributed by atoms with van der Waals surface area (Å²) < 4.78 is 22.4. The maximum absolute atomic E-state index is 11.2. The molecule has 1 N–H and O–H groups in total. The Hall–Kier alpha value is -1.14. The van der Waals surface area contributed by atoms with E-state index in [9.17, 15) is 8.42 Å². The van der Waals surface area contributed by atoms with Crippen LogP contribution in [0.15, 0.2) is 17.8 Å². The first-order chi connectivity index (χ1) is 7.48. The van der Waals surface area contributed by atoms with Crippen molar-refractivity contribution in [3.63, 3.8) is 0 Å². The summed E-state index contributed by atoms with van der Waals surface area (Å²) in [6, 6.07) is -0.255. The molecule has 0 aromatic carbocycles. The standard InChI is InChI=1S/C9H10ClN3O2S/c1-6-8(10)11-5-12-9(6)13-7-2-3-16(14,15)4-7/h2-3,5,7H,4H2,1H3,(H,11,12,13). The number of hydrogen-bond acceptors (Lipinski definition) is 5. The maximum Gasteiger partial charge on any atom is 0.173 e. The Morgan fingerprint density at radius 2 is 2.25 bits per heavy atom. The molecule has 1 aromatic rings. The summed E-state index contributed by atoms with van der Waals surface area (Å²) in [7, 11) is -3.06. The Kier molecular flexibility index (Phi) is 2.86. The molecule has 0 amide bonds. The minimum Gasteiger partial charge on any atom is -0.362 e. The van der Waals surface area contributed by atoms with Crippen LogP contribution in [-0.4, -0.2) is 30.2 Å². The summed E-state index contributed by atoms with van der Waals surface area (Å²) in [6.07, 6.45) is 2.94. The van der Waals surface area contributed by atoms with Gasteiger partial charge in [-0.1, -0.05) is 11.6 Å². The van der Waals surface area contributed by atoms with E-state index in [0.717, 1.165) is 0 Å². The number of rotatable bonds is 2. The molecule has 2 rings (SSSR count). The van der Waals surface area contributed by atoms with E-state index in [1.165, 1.54) is 11.7 Å². The average molecular weight is 260 g/mol. The fraction of sp³-hybridized carbons (Fsp3) is 0.333. The van der Waals surface area contributed by atoms with Gasteiger partial charge in [-0.2, -0.15) is 0 Å². The van der Waals surface area contributed by atoms with Gasteiger partial charge >= 0.3 is 0 Å². The molecule has 2 heterocycles. The number of sulfone groups is 1. The number of halogens is 1. The molecule has 86 valence electrons. The molecule has 7 heteroatoms. The van der Waals surface area contributed by atoms with Gasteiger partial charge in [0.05, 0.1) is 11.8 Å². The lowest BCUT2D eigenvalue weighted by Crippen LogP contribution is -2.22. The lowest BCUT2D eigenvalue weighted by Gasteiger charge is -2.12. The third-order valence-electron chi connectivity index (χ3n) is 2.27. The zero-order valence-corrected chi connectivity index (χ0v) is 10.1. The van der Waals surface area contributed by atoms with E-state index in [4.69, 9.17) is 11.6 Å². The van der Waals surface area contributed by atoms with Gasteiger partial charge in [-0.25, -0.2) is 18.4 Å². The van der Waals surface area contributed by atoms with Crippen molar-refractivity contribution in [2.75, 3.05) is 11.1 Å². The molecule has 0 saturated carbocycles. The number of hydrogen-bond donors (Lipinski definition) is 1. The van der Waals surface area contributed by atoms with E-state index in [1.54, 1.807) is 13.0 Å². The van der Waals surface area contributed by atoms with Crippen LogP contribution in [0.5, 0.6) is 0 Å². The van der Waals surface area contributed by atoms with E-state index < -0.39 is 9.84 Å². The smallest absolute Gasteiger partial charge is 0.173 e. The topological polar surface area (TPSA) is 72.0 Å². The van der Waals surface area contributed by atoms with Crippen LogP contribution in [-0.2, 0) is 9.84 Å². The second-order valence-electron chi connectivity index (χ2n) is 3.55. The van der Waals surface area contributed by atoms with Crippen LogP contribution in [0, 0.1) is 6.92 Å². The van der Waals surface area contributed by atoms with Crippen LogP contribution in [0.1, 0.15) is 5.56 Å². The summed E-state index contributed by atoms with van der Waals surface area (Å²) in [5.74, 6) is 0.611. The Balaban J connectivity index is 2.17. The second-order valence-corrected chi connectivity index (χ2v) is 5.84. The van der Waals surface area contributed by atoms with Crippen LogP contribution in [0.25, 0.3) is 0 Å². The number of nitrogens with one attached hydrogen (secondary N) is 1. The Morgan fingerprint density at radius 3 is 2.88 bits per heavy atom. The molecular formula is C9H10ClN3O2S. The highest BCUT2D eigenvalue weighted by Crippen LogP contribution is 2.20. The third kappa shape index (κ3) is 2.33. The minimum atomic E-state index is -3.06. The Bertz CT molecular complexity index is 542. The predicted octanol–water partition coefficient (Wildman–Crippen LogP) is 1.16. The van der Waals surface area contributed by atoms with E-state index >= 15 is 0 Å². The first-order valence-electron chi connectivity index (χ1n) is 4.62. The van der Waals surface area contributed by atoms with Gasteiger partial charge in [0.25, 0.3) is 0 Å². The van der Waals surface area contributed by atoms with Gasteiger partial charge in [0, 0.05) is 11.0 Å². The zero-order valence-electron chi connectivity index (χ0n) is 8.51. The Labute approximate surface area is 98.5 Å². The van der Waals surface area contributed by atoms with Crippen molar-refractivity contribution in [2.24, 2.45) is 0 Å². The molecule has 0 radical (unpaired) electrons. The van der Waals surface area contributed by atoms with Gasteiger partial charge in [0.15, 0.2) is 9.84 Å². The third-order valence-corrected chi connectivity index (χ3v) is 4.05. The SMILES string of the molecule is Cc1c(Cl)ncnc1NC1C=CS(=O)(=O)C1. The molecule has 0 aliphatic carbocycles. The van der Waals surface area contributed by atoms with Crippen LogP contribution in [0.2, 0.25) is 5.15 Å². The number of anilines is 1. The summed E-state index contributed by atoms with van der Waals surface area (Å²) in [6.45, 7) is 1.78. The summed E-state index contributed by atoms with van der Waals surface area (Å²) >= 11 is 5.83. The van der Waals surface area contributed by atoms with E-state index in [-0.39, 0.29) is 11.8 Å². The predicted molar refractivity (Wildman–Crippen MR) is 62.1 cm³/mol. The summed E-state index contributed by atoms with van der Waals surface area (Å²) in [4.78, 5) is 7.84. The van der Waals surface area contributed by atoms with Gasteiger partial charge in [0.2, 0.25) is 0 Å². The van der Waals surface area contributed by atoms with Crippen molar-refractivity contribution in [1.29, 1.82) is 0 Å². The molecule has 16 heavy (non-hydrogen) atoms. The second kappa shape index (κ2) is 4.03. The van der Waals surface area contributed by atoms with Gasteiger partial charge in [0.1, 0.15) is 17.3 Å². The molecule has 0 saturated heterocycles.